The van der Waals surface area contributed by atoms with Gasteiger partial charge in [0.1, 0.15) is 47.7 Å². The van der Waals surface area contributed by atoms with Crippen LogP contribution in [0.25, 0.3) is 0 Å². The number of nitrogens with zero attached hydrogens (tertiary/aromatic N) is 1. The van der Waals surface area contributed by atoms with E-state index in [0.717, 1.165) is 16.7 Å². The monoisotopic (exact) mass is 661 g/mol. The number of amides is 2. The molecule has 0 spiro atoms. The van der Waals surface area contributed by atoms with Crippen LogP contribution >= 0.6 is 0 Å². The summed E-state index contributed by atoms with van der Waals surface area (Å²) in [5, 5.41) is 34.5. The summed E-state index contributed by atoms with van der Waals surface area (Å²) in [6, 6.07) is 24.3. The Morgan fingerprint density at radius 1 is 0.938 bits per heavy atom. The molecule has 0 saturated carbocycles. The number of hydrogen-bond acceptors (Lipinski definition) is 11. The molecule has 3 heterocycles. The molecule has 3 aliphatic rings. The number of aliphatic hydroxyl groups is 2. The molecule has 13 heteroatoms. The maximum Gasteiger partial charge on any atom is 0.242 e. The largest absolute Gasteiger partial charge is 0.497 e. The maximum atomic E-state index is 12.9. The minimum atomic E-state index is -1.32. The van der Waals surface area contributed by atoms with E-state index in [4.69, 9.17) is 18.9 Å². The van der Waals surface area contributed by atoms with E-state index in [0.29, 0.717) is 11.5 Å². The summed E-state index contributed by atoms with van der Waals surface area (Å²) in [7, 11) is 3.21. The van der Waals surface area contributed by atoms with Gasteiger partial charge >= 0.3 is 0 Å². The van der Waals surface area contributed by atoms with Crippen molar-refractivity contribution in [2.24, 2.45) is 5.92 Å². The Hall–Kier alpha value is -4.08. The quantitative estimate of drug-likeness (QED) is 0.161. The Morgan fingerprint density at radius 2 is 1.52 bits per heavy atom. The van der Waals surface area contributed by atoms with E-state index in [1.165, 1.54) is 0 Å². The lowest BCUT2D eigenvalue weighted by Crippen LogP contribution is -2.72. The molecule has 6 N–H and O–H groups in total. The summed E-state index contributed by atoms with van der Waals surface area (Å²) >= 11 is 0. The number of methoxy groups -OCH3 is 2. The highest BCUT2D eigenvalue weighted by Gasteiger charge is 2.54. The third-order valence-corrected chi connectivity index (χ3v) is 9.19. The van der Waals surface area contributed by atoms with Crippen LogP contribution in [0.5, 0.6) is 11.5 Å². The lowest BCUT2D eigenvalue weighted by molar-refractivity contribution is -0.139. The molecule has 0 aliphatic carbocycles. The van der Waals surface area contributed by atoms with Crippen molar-refractivity contribution in [2.45, 2.75) is 62.5 Å². The van der Waals surface area contributed by atoms with Crippen molar-refractivity contribution >= 4 is 11.8 Å². The summed E-state index contributed by atoms with van der Waals surface area (Å²) in [4.78, 5) is 27.0. The van der Waals surface area contributed by atoms with Gasteiger partial charge in [0.05, 0.1) is 33.7 Å². The van der Waals surface area contributed by atoms with Crippen LogP contribution in [-0.2, 0) is 24.7 Å². The second kappa shape index (κ2) is 14.2. The van der Waals surface area contributed by atoms with Crippen molar-refractivity contribution in [3.05, 3.63) is 95.6 Å². The minimum Gasteiger partial charge on any atom is -0.497 e. The molecule has 3 saturated heterocycles. The zero-order chi connectivity index (χ0) is 34.0. The van der Waals surface area contributed by atoms with Crippen molar-refractivity contribution in [3.63, 3.8) is 0 Å². The Morgan fingerprint density at radius 3 is 2.08 bits per heavy atom. The second-order valence-electron chi connectivity index (χ2n) is 12.4. The highest BCUT2D eigenvalue weighted by Crippen LogP contribution is 2.42. The molecule has 2 amide bonds. The first-order valence-corrected chi connectivity index (χ1v) is 16.0. The van der Waals surface area contributed by atoms with E-state index in [9.17, 15) is 19.8 Å². The van der Waals surface area contributed by atoms with Crippen molar-refractivity contribution in [3.8, 4) is 11.5 Å². The summed E-state index contributed by atoms with van der Waals surface area (Å²) in [6.45, 7) is 3.61. The molecule has 256 valence electrons. The number of ether oxygens (including phenoxy) is 4. The van der Waals surface area contributed by atoms with E-state index in [1.54, 1.807) is 33.0 Å². The number of rotatable bonds is 11. The van der Waals surface area contributed by atoms with Crippen LogP contribution in [0.2, 0.25) is 0 Å². The van der Waals surface area contributed by atoms with Gasteiger partial charge in [0.15, 0.2) is 6.29 Å². The average Bonchev–Trinajstić information content (AvgIpc) is 3.66. The van der Waals surface area contributed by atoms with Crippen molar-refractivity contribution in [1.29, 1.82) is 0 Å². The van der Waals surface area contributed by atoms with Crippen LogP contribution in [0.1, 0.15) is 30.5 Å². The van der Waals surface area contributed by atoms with Gasteiger partial charge in [-0.25, -0.2) is 4.90 Å². The van der Waals surface area contributed by atoms with Gasteiger partial charge in [-0.3, -0.25) is 20.2 Å². The topological polar surface area (TPSA) is 163 Å². The van der Waals surface area contributed by atoms with Gasteiger partial charge in [0.2, 0.25) is 11.8 Å². The highest BCUT2D eigenvalue weighted by atomic mass is 16.6. The molecule has 7 unspecified atom stereocenters. The fourth-order valence-corrected chi connectivity index (χ4v) is 6.54. The Balaban J connectivity index is 1.28. The first kappa shape index (κ1) is 33.8. The van der Waals surface area contributed by atoms with Gasteiger partial charge in [-0.05, 0) is 41.0 Å². The van der Waals surface area contributed by atoms with Crippen LogP contribution in [0.3, 0.4) is 0 Å². The molecule has 3 aromatic rings. The first-order valence-electron chi connectivity index (χ1n) is 16.0. The van der Waals surface area contributed by atoms with Crippen molar-refractivity contribution < 1.29 is 38.7 Å². The van der Waals surface area contributed by atoms with E-state index in [-0.39, 0.29) is 31.0 Å². The van der Waals surface area contributed by atoms with Gasteiger partial charge in [-0.1, -0.05) is 68.4 Å². The third-order valence-electron chi connectivity index (χ3n) is 9.19. The molecule has 0 aromatic heterocycles. The molecule has 3 aromatic carbocycles. The van der Waals surface area contributed by atoms with E-state index >= 15 is 0 Å². The number of aliphatic hydroxyl groups excluding tert-OH is 2. The van der Waals surface area contributed by atoms with Crippen LogP contribution in [-0.4, -0.2) is 97.5 Å². The number of fused-ring (bicyclic) bond motifs is 1. The fraction of sp³-hybridized carbons (Fsp3) is 0.429. The lowest BCUT2D eigenvalue weighted by atomic mass is 9.80. The molecule has 3 aliphatic heterocycles. The molecule has 3 fully saturated rings. The van der Waals surface area contributed by atoms with Crippen LogP contribution < -0.4 is 30.7 Å². The number of carbonyl (C=O) groups is 2. The number of benzene rings is 3. The van der Waals surface area contributed by atoms with Gasteiger partial charge in [0, 0.05) is 5.92 Å². The summed E-state index contributed by atoms with van der Waals surface area (Å²) < 4.78 is 24.1. The zero-order valence-corrected chi connectivity index (χ0v) is 27.3. The average molecular weight is 662 g/mol. The van der Waals surface area contributed by atoms with E-state index in [2.05, 4.69) is 21.3 Å². The number of carbonyl (C=O) groups excluding carboxylic acids is 2. The summed E-state index contributed by atoms with van der Waals surface area (Å²) in [5.74, 6) is 0.543. The first-order chi connectivity index (χ1) is 23.2. The Bertz CT molecular complexity index is 1510. The van der Waals surface area contributed by atoms with Crippen molar-refractivity contribution in [2.75, 3.05) is 27.5 Å². The fourth-order valence-electron chi connectivity index (χ4n) is 6.54. The Labute approximate surface area is 279 Å². The molecule has 48 heavy (non-hydrogen) atoms. The molecular formula is C35H43N5O8. The number of nitrogens with one attached hydrogen (secondary N) is 4. The zero-order valence-electron chi connectivity index (χ0n) is 27.3. The van der Waals surface area contributed by atoms with Gasteiger partial charge in [-0.2, -0.15) is 0 Å². The molecule has 0 bridgehead atoms. The standard InChI is InChI=1S/C35H43N5O8/c1-20(2)31(43)38-34-37-30-27(32(44)39-34)36-19-40(30)33-29(42)28(41)26(48-33)18-47-35(21-8-6-5-7-9-21,22-10-14-24(45-3)15-11-22)23-12-16-25(46-4)17-13-23/h5-17,20,26-30,33-34,36-37,41-42H,18-19H2,1-4H3,(H,38,43)(H,39,44). The van der Waals surface area contributed by atoms with Crippen LogP contribution in [0.4, 0.5) is 0 Å². The summed E-state index contributed by atoms with van der Waals surface area (Å²) in [6.07, 6.45) is -5.99. The SMILES string of the molecule is COc1ccc(C(OCC2OC(N3CNC4C(=O)NC(NC(=O)C(C)C)NC43)C(O)C2O)(c2ccccc2)c2ccc(OC)cc2)cc1. The van der Waals surface area contributed by atoms with E-state index in [1.807, 2.05) is 78.9 Å². The molecule has 7 atom stereocenters. The van der Waals surface area contributed by atoms with Gasteiger partial charge in [0.25, 0.3) is 0 Å². The number of hydrogen-bond donors (Lipinski definition) is 6. The second-order valence-corrected chi connectivity index (χ2v) is 12.4. The normalized spacial score (nSPS) is 27.4. The smallest absolute Gasteiger partial charge is 0.242 e. The van der Waals surface area contributed by atoms with Crippen LogP contribution in [0.15, 0.2) is 78.9 Å². The highest BCUT2D eigenvalue weighted by molar-refractivity contribution is 5.85. The molecular weight excluding hydrogens is 618 g/mol. The Kier molecular flexibility index (Phi) is 9.99. The van der Waals surface area contributed by atoms with E-state index < -0.39 is 48.6 Å². The predicted octanol–water partition coefficient (Wildman–Crippen LogP) is 0.792. The van der Waals surface area contributed by atoms with Gasteiger partial charge in [-0.15, -0.1) is 0 Å². The maximum absolute atomic E-state index is 12.9. The molecule has 6 rings (SSSR count). The molecule has 0 radical (unpaired) electrons. The summed E-state index contributed by atoms with van der Waals surface area (Å²) in [5.41, 5.74) is 1.30. The molecule has 13 nitrogen and oxygen atoms in total. The van der Waals surface area contributed by atoms with Gasteiger partial charge < -0.3 is 39.8 Å². The predicted molar refractivity (Wildman–Crippen MR) is 174 cm³/mol. The third kappa shape index (κ3) is 6.38. The minimum absolute atomic E-state index is 0.0992. The van der Waals surface area contributed by atoms with Crippen LogP contribution in [0, 0.1) is 5.92 Å². The lowest BCUT2D eigenvalue weighted by Gasteiger charge is -2.39. The van der Waals surface area contributed by atoms with Crippen molar-refractivity contribution in [1.82, 2.24) is 26.2 Å².